The first-order chi connectivity index (χ1) is 11.6. The normalized spacial score (nSPS) is 15.7. The molecule has 1 heterocycles. The van der Waals surface area contributed by atoms with Crippen LogP contribution in [0.3, 0.4) is 0 Å². The van der Waals surface area contributed by atoms with E-state index in [0.717, 1.165) is 18.7 Å². The highest BCUT2D eigenvalue weighted by Crippen LogP contribution is 2.17. The molecule has 2 aromatic carbocycles. The molecule has 4 nitrogen and oxygen atoms in total. The molecule has 2 aromatic rings. The molecule has 3 rings (SSSR count). The van der Waals surface area contributed by atoms with Crippen molar-refractivity contribution in [3.05, 3.63) is 65.2 Å². The van der Waals surface area contributed by atoms with Crippen molar-refractivity contribution in [2.24, 2.45) is 0 Å². The van der Waals surface area contributed by atoms with Crippen LogP contribution >= 0.6 is 12.4 Å². The van der Waals surface area contributed by atoms with Crippen LogP contribution in [0.5, 0.6) is 5.75 Å². The molecule has 0 spiro atoms. The van der Waals surface area contributed by atoms with Gasteiger partial charge in [-0.25, -0.2) is 0 Å². The maximum atomic E-state index is 12.6. The number of rotatable bonds is 5. The molecular weight excluding hydrogens is 336 g/mol. The zero-order chi connectivity index (χ0) is 16.9. The Morgan fingerprint density at radius 1 is 1.20 bits per heavy atom. The smallest absolute Gasteiger partial charge is 0.239 e. The fraction of sp³-hybridized carbons (Fsp3) is 0.350. The van der Waals surface area contributed by atoms with Crippen molar-refractivity contribution in [3.8, 4) is 5.75 Å². The van der Waals surface area contributed by atoms with Crippen molar-refractivity contribution in [1.82, 2.24) is 10.2 Å². The van der Waals surface area contributed by atoms with Gasteiger partial charge in [-0.3, -0.25) is 4.79 Å². The molecule has 1 aliphatic heterocycles. The predicted octanol–water partition coefficient (Wildman–Crippen LogP) is 2.97. The summed E-state index contributed by atoms with van der Waals surface area (Å²) in [4.78, 5) is 14.4. The highest BCUT2D eigenvalue weighted by molar-refractivity contribution is 5.85. The number of carbonyl (C=O) groups excluding carboxylic acids is 1. The van der Waals surface area contributed by atoms with Crippen LogP contribution in [0.4, 0.5) is 0 Å². The van der Waals surface area contributed by atoms with Gasteiger partial charge in [0.15, 0.2) is 0 Å². The maximum absolute atomic E-state index is 12.6. The van der Waals surface area contributed by atoms with Crippen LogP contribution in [0.1, 0.15) is 16.7 Å². The van der Waals surface area contributed by atoms with Crippen LogP contribution < -0.4 is 10.1 Å². The van der Waals surface area contributed by atoms with E-state index in [1.165, 1.54) is 16.7 Å². The first kappa shape index (κ1) is 19.3. The minimum absolute atomic E-state index is 0. The van der Waals surface area contributed by atoms with Gasteiger partial charge in [-0.05, 0) is 42.2 Å². The lowest BCUT2D eigenvalue weighted by atomic mass is 9.95. The molecule has 1 atom stereocenters. The Hall–Kier alpha value is -2.04. The second kappa shape index (κ2) is 8.88. The fourth-order valence-electron chi connectivity index (χ4n) is 3.01. The van der Waals surface area contributed by atoms with Crippen molar-refractivity contribution in [2.75, 3.05) is 20.2 Å². The summed E-state index contributed by atoms with van der Waals surface area (Å²) >= 11 is 0. The lowest BCUT2D eigenvalue weighted by molar-refractivity contribution is -0.132. The molecule has 0 radical (unpaired) electrons. The third-order valence-electron chi connectivity index (χ3n) is 4.44. The van der Waals surface area contributed by atoms with Crippen molar-refractivity contribution < 1.29 is 9.53 Å². The summed E-state index contributed by atoms with van der Waals surface area (Å²) in [5.74, 6) is 0.970. The summed E-state index contributed by atoms with van der Waals surface area (Å²) in [7, 11) is 1.84. The summed E-state index contributed by atoms with van der Waals surface area (Å²) < 4.78 is 5.74. The van der Waals surface area contributed by atoms with Gasteiger partial charge in [-0.15, -0.1) is 12.4 Å². The van der Waals surface area contributed by atoms with Crippen molar-refractivity contribution >= 4 is 18.3 Å². The maximum Gasteiger partial charge on any atom is 0.239 e. The lowest BCUT2D eigenvalue weighted by Gasteiger charge is -2.29. The Morgan fingerprint density at radius 2 is 1.96 bits per heavy atom. The van der Waals surface area contributed by atoms with E-state index in [-0.39, 0.29) is 24.4 Å². The number of halogens is 1. The third-order valence-corrected chi connectivity index (χ3v) is 4.44. The fourth-order valence-corrected chi connectivity index (χ4v) is 3.01. The number of nitrogens with one attached hydrogen (secondary N) is 1. The van der Waals surface area contributed by atoms with E-state index in [2.05, 4.69) is 17.4 Å². The average Bonchev–Trinajstić information content (AvgIpc) is 2.60. The Balaban J connectivity index is 0.00000225. The predicted molar refractivity (Wildman–Crippen MR) is 102 cm³/mol. The number of aryl methyl sites for hydroxylation is 1. The van der Waals surface area contributed by atoms with E-state index in [0.29, 0.717) is 13.2 Å². The molecule has 134 valence electrons. The van der Waals surface area contributed by atoms with E-state index in [9.17, 15) is 4.79 Å². The molecule has 0 bridgehead atoms. The second-order valence-electron chi connectivity index (χ2n) is 6.33. The summed E-state index contributed by atoms with van der Waals surface area (Å²) in [5, 5.41) is 3.34. The van der Waals surface area contributed by atoms with Crippen LogP contribution in [0, 0.1) is 6.92 Å². The quantitative estimate of drug-likeness (QED) is 0.891. The molecular formula is C20H25ClN2O2. The van der Waals surface area contributed by atoms with E-state index < -0.39 is 0 Å². The molecule has 0 aliphatic carbocycles. The number of carbonyl (C=O) groups is 1. The minimum atomic E-state index is -0.149. The lowest BCUT2D eigenvalue weighted by Crippen LogP contribution is -2.49. The van der Waals surface area contributed by atoms with Crippen LogP contribution in [-0.2, 0) is 17.8 Å². The Labute approximate surface area is 155 Å². The molecule has 1 unspecified atom stereocenters. The number of hydrogen-bond donors (Lipinski definition) is 1. The standard InChI is InChI=1S/C20H24N2O2.ClH/c1-15-6-5-9-18(12-15)24-11-10-22(2)20(23)19-13-16-7-3-4-8-17(16)14-21-19;/h3-9,12,19,21H,10-11,13-14H2,1-2H3;1H. The van der Waals surface area contributed by atoms with E-state index >= 15 is 0 Å². The molecule has 5 heteroatoms. The van der Waals surface area contributed by atoms with Gasteiger partial charge >= 0.3 is 0 Å². The number of ether oxygens (including phenoxy) is 1. The van der Waals surface area contributed by atoms with Gasteiger partial charge in [0.05, 0.1) is 12.6 Å². The number of nitrogens with zero attached hydrogens (tertiary/aromatic N) is 1. The molecule has 1 N–H and O–H groups in total. The number of amides is 1. The SMILES string of the molecule is Cc1cccc(OCCN(C)C(=O)C2Cc3ccccc3CN2)c1.Cl. The molecule has 1 aliphatic rings. The largest absolute Gasteiger partial charge is 0.492 e. The van der Waals surface area contributed by atoms with Gasteiger partial charge in [-0.2, -0.15) is 0 Å². The molecule has 0 fully saturated rings. The highest BCUT2D eigenvalue weighted by atomic mass is 35.5. The summed E-state index contributed by atoms with van der Waals surface area (Å²) in [5.41, 5.74) is 3.72. The highest BCUT2D eigenvalue weighted by Gasteiger charge is 2.26. The molecule has 0 saturated carbocycles. The van der Waals surface area contributed by atoms with Crippen LogP contribution in [-0.4, -0.2) is 37.0 Å². The molecule has 1 amide bonds. The zero-order valence-corrected chi connectivity index (χ0v) is 15.5. The first-order valence-electron chi connectivity index (χ1n) is 8.38. The van der Waals surface area contributed by atoms with Gasteiger partial charge in [-0.1, -0.05) is 36.4 Å². The Kier molecular flexibility index (Phi) is 6.85. The molecule has 0 aromatic heterocycles. The monoisotopic (exact) mass is 360 g/mol. The van der Waals surface area contributed by atoms with Crippen LogP contribution in [0.15, 0.2) is 48.5 Å². The van der Waals surface area contributed by atoms with E-state index in [4.69, 9.17) is 4.74 Å². The average molecular weight is 361 g/mol. The Bertz CT molecular complexity index is 720. The number of likely N-dealkylation sites (N-methyl/N-ethyl adjacent to an activating group) is 1. The molecule has 25 heavy (non-hydrogen) atoms. The van der Waals surface area contributed by atoms with Gasteiger partial charge in [0.25, 0.3) is 0 Å². The number of hydrogen-bond acceptors (Lipinski definition) is 3. The summed E-state index contributed by atoms with van der Waals surface area (Å²) in [6.45, 7) is 3.86. The van der Waals surface area contributed by atoms with Crippen LogP contribution in [0.25, 0.3) is 0 Å². The Morgan fingerprint density at radius 3 is 2.72 bits per heavy atom. The zero-order valence-electron chi connectivity index (χ0n) is 14.7. The number of fused-ring (bicyclic) bond motifs is 1. The van der Waals surface area contributed by atoms with Gasteiger partial charge in [0.1, 0.15) is 12.4 Å². The van der Waals surface area contributed by atoms with Gasteiger partial charge in [0.2, 0.25) is 5.91 Å². The molecule has 0 saturated heterocycles. The van der Waals surface area contributed by atoms with E-state index in [1.54, 1.807) is 4.90 Å². The van der Waals surface area contributed by atoms with Gasteiger partial charge < -0.3 is 15.0 Å². The van der Waals surface area contributed by atoms with E-state index in [1.807, 2.05) is 50.4 Å². The first-order valence-corrected chi connectivity index (χ1v) is 8.38. The number of benzene rings is 2. The summed E-state index contributed by atoms with van der Waals surface area (Å²) in [6.07, 6.45) is 0.748. The van der Waals surface area contributed by atoms with Crippen molar-refractivity contribution in [2.45, 2.75) is 25.9 Å². The van der Waals surface area contributed by atoms with Crippen LogP contribution in [0.2, 0.25) is 0 Å². The topological polar surface area (TPSA) is 41.6 Å². The third kappa shape index (κ3) is 4.97. The summed E-state index contributed by atoms with van der Waals surface area (Å²) in [6, 6.07) is 16.1. The van der Waals surface area contributed by atoms with Crippen molar-refractivity contribution in [1.29, 1.82) is 0 Å². The second-order valence-corrected chi connectivity index (χ2v) is 6.33. The van der Waals surface area contributed by atoms with Gasteiger partial charge in [0, 0.05) is 13.6 Å². The van der Waals surface area contributed by atoms with Crippen molar-refractivity contribution in [3.63, 3.8) is 0 Å². The minimum Gasteiger partial charge on any atom is -0.492 e.